The summed E-state index contributed by atoms with van der Waals surface area (Å²) in [5.74, 6) is -2.16. The van der Waals surface area contributed by atoms with Crippen molar-refractivity contribution in [1.29, 1.82) is 0 Å². The average molecular weight is 260 g/mol. The summed E-state index contributed by atoms with van der Waals surface area (Å²) < 4.78 is 1.16. The predicted octanol–water partition coefficient (Wildman–Crippen LogP) is 0.458. The molecule has 1 aromatic carbocycles. The third-order valence-electron chi connectivity index (χ3n) is 2.23. The zero-order valence-electron chi connectivity index (χ0n) is 9.46. The second-order valence-corrected chi connectivity index (χ2v) is 3.44. The number of hydrogen-bond acceptors (Lipinski definition) is 5. The molecule has 0 amide bonds. The molecule has 0 radical (unpaired) electrons. The molecule has 1 heterocycles. The fourth-order valence-corrected chi connectivity index (χ4v) is 1.45. The van der Waals surface area contributed by atoms with Gasteiger partial charge in [-0.2, -0.15) is 4.68 Å². The Morgan fingerprint density at radius 2 is 1.95 bits per heavy atom. The first kappa shape index (κ1) is 12.4. The van der Waals surface area contributed by atoms with Crippen LogP contribution < -0.4 is 0 Å². The highest BCUT2D eigenvalue weighted by Gasteiger charge is 2.14. The lowest BCUT2D eigenvalue weighted by Gasteiger charge is -2.05. The lowest BCUT2D eigenvalue weighted by Crippen LogP contribution is -2.08. The highest BCUT2D eigenvalue weighted by atomic mass is 16.4. The summed E-state index contributed by atoms with van der Waals surface area (Å²) in [6, 6.07) is 6.14. The number of para-hydroxylation sites is 1. The van der Waals surface area contributed by atoms with E-state index < -0.39 is 11.9 Å². The molecule has 1 aromatic heterocycles. The van der Waals surface area contributed by atoms with Crippen molar-refractivity contribution < 1.29 is 19.8 Å². The van der Waals surface area contributed by atoms with Gasteiger partial charge in [-0.15, -0.1) is 5.10 Å². The first-order valence-electron chi connectivity index (χ1n) is 5.11. The van der Waals surface area contributed by atoms with Crippen LogP contribution in [0.15, 0.2) is 30.3 Å². The zero-order valence-corrected chi connectivity index (χ0v) is 9.46. The number of carboxylic acid groups (broad SMARTS) is 2. The van der Waals surface area contributed by atoms with Crippen LogP contribution in [0, 0.1) is 0 Å². The Balaban J connectivity index is 2.52. The minimum atomic E-state index is -1.15. The maximum atomic E-state index is 11.1. The van der Waals surface area contributed by atoms with Gasteiger partial charge in [-0.3, -0.25) is 0 Å². The number of benzene rings is 1. The van der Waals surface area contributed by atoms with Gasteiger partial charge in [0.1, 0.15) is 0 Å². The van der Waals surface area contributed by atoms with Crippen molar-refractivity contribution in [3.8, 4) is 5.69 Å². The summed E-state index contributed by atoms with van der Waals surface area (Å²) in [6.45, 7) is 0. The van der Waals surface area contributed by atoms with E-state index in [2.05, 4.69) is 15.5 Å². The maximum absolute atomic E-state index is 11.1. The van der Waals surface area contributed by atoms with E-state index in [9.17, 15) is 9.59 Å². The number of carboxylic acids is 2. The van der Waals surface area contributed by atoms with Gasteiger partial charge in [0.15, 0.2) is 5.82 Å². The molecular formula is C11H8N4O4. The summed E-state index contributed by atoms with van der Waals surface area (Å²) in [5.41, 5.74) is 0.268. The van der Waals surface area contributed by atoms with Crippen LogP contribution >= 0.6 is 0 Å². The Kier molecular flexibility index (Phi) is 3.33. The molecule has 19 heavy (non-hydrogen) atoms. The van der Waals surface area contributed by atoms with Crippen molar-refractivity contribution >= 4 is 18.0 Å². The molecule has 8 nitrogen and oxygen atoms in total. The minimum absolute atomic E-state index is 0.0137. The first-order chi connectivity index (χ1) is 9.09. The number of hydrogen-bond donors (Lipinski definition) is 2. The van der Waals surface area contributed by atoms with Crippen LogP contribution in [-0.4, -0.2) is 42.4 Å². The maximum Gasteiger partial charge on any atom is 0.337 e. The van der Waals surface area contributed by atoms with Crippen molar-refractivity contribution in [3.05, 3.63) is 41.7 Å². The Bertz CT molecular complexity index is 662. The van der Waals surface area contributed by atoms with Gasteiger partial charge >= 0.3 is 11.9 Å². The van der Waals surface area contributed by atoms with Gasteiger partial charge in [-0.05, 0) is 28.6 Å². The van der Waals surface area contributed by atoms with Gasteiger partial charge in [0.25, 0.3) is 0 Å². The van der Waals surface area contributed by atoms with Gasteiger partial charge in [0, 0.05) is 6.08 Å². The number of aromatic nitrogens is 4. The number of tetrazole rings is 1. The van der Waals surface area contributed by atoms with E-state index in [1.54, 1.807) is 12.1 Å². The molecule has 8 heteroatoms. The Labute approximate surface area is 106 Å². The van der Waals surface area contributed by atoms with E-state index in [0.29, 0.717) is 0 Å². The van der Waals surface area contributed by atoms with E-state index in [-0.39, 0.29) is 17.1 Å². The monoisotopic (exact) mass is 260 g/mol. The molecule has 0 aliphatic rings. The van der Waals surface area contributed by atoms with Gasteiger partial charge in [0.2, 0.25) is 0 Å². The molecule has 0 saturated heterocycles. The summed E-state index contributed by atoms with van der Waals surface area (Å²) in [5, 5.41) is 28.3. The van der Waals surface area contributed by atoms with E-state index >= 15 is 0 Å². The molecule has 0 aliphatic heterocycles. The smallest absolute Gasteiger partial charge is 0.337 e. The molecule has 0 aliphatic carbocycles. The van der Waals surface area contributed by atoms with Gasteiger partial charge in [-0.1, -0.05) is 12.1 Å². The van der Waals surface area contributed by atoms with Crippen LogP contribution in [0.1, 0.15) is 16.2 Å². The molecule has 0 spiro atoms. The second kappa shape index (κ2) is 5.08. The molecule has 96 valence electrons. The van der Waals surface area contributed by atoms with Crippen molar-refractivity contribution in [2.75, 3.05) is 0 Å². The van der Waals surface area contributed by atoms with Crippen molar-refractivity contribution in [2.45, 2.75) is 0 Å². The van der Waals surface area contributed by atoms with E-state index in [0.717, 1.165) is 10.8 Å². The SMILES string of the molecule is O=C(O)/C=C/c1nnnn1-c1ccccc1C(=O)O. The van der Waals surface area contributed by atoms with Gasteiger partial charge < -0.3 is 10.2 Å². The highest BCUT2D eigenvalue weighted by Crippen LogP contribution is 2.15. The molecule has 0 atom stereocenters. The van der Waals surface area contributed by atoms with Crippen LogP contribution in [-0.2, 0) is 4.79 Å². The molecule has 0 bridgehead atoms. The van der Waals surface area contributed by atoms with Crippen LogP contribution in [0.4, 0.5) is 0 Å². The molecule has 0 saturated carbocycles. The topological polar surface area (TPSA) is 118 Å². The minimum Gasteiger partial charge on any atom is -0.478 e. The Hall–Kier alpha value is -3.03. The number of aromatic carboxylic acids is 1. The summed E-state index contributed by atoms with van der Waals surface area (Å²) in [6.07, 6.45) is 2.05. The standard InChI is InChI=1S/C11H8N4O4/c16-10(17)6-5-9-12-13-14-15(9)8-4-2-1-3-7(8)11(18)19/h1-6H,(H,16,17)(H,18,19)/b6-5+. The van der Waals surface area contributed by atoms with E-state index in [4.69, 9.17) is 10.2 Å². The lowest BCUT2D eigenvalue weighted by molar-refractivity contribution is -0.131. The van der Waals surface area contributed by atoms with Crippen LogP contribution in [0.3, 0.4) is 0 Å². The number of carbonyl (C=O) groups is 2. The predicted molar refractivity (Wildman–Crippen MR) is 62.8 cm³/mol. The average Bonchev–Trinajstić information content (AvgIpc) is 2.84. The van der Waals surface area contributed by atoms with E-state index in [1.165, 1.54) is 18.2 Å². The van der Waals surface area contributed by atoms with E-state index in [1.807, 2.05) is 0 Å². The Morgan fingerprint density at radius 3 is 2.63 bits per heavy atom. The molecule has 0 unspecified atom stereocenters. The molecule has 2 rings (SSSR count). The van der Waals surface area contributed by atoms with Crippen molar-refractivity contribution in [2.24, 2.45) is 0 Å². The summed E-state index contributed by atoms with van der Waals surface area (Å²) >= 11 is 0. The number of aliphatic carboxylic acids is 1. The van der Waals surface area contributed by atoms with Crippen LogP contribution in [0.2, 0.25) is 0 Å². The molecule has 0 fully saturated rings. The molecule has 2 aromatic rings. The quantitative estimate of drug-likeness (QED) is 0.766. The summed E-state index contributed by atoms with van der Waals surface area (Å²) in [4.78, 5) is 21.6. The number of nitrogens with zero attached hydrogens (tertiary/aromatic N) is 4. The molecule has 2 N–H and O–H groups in total. The van der Waals surface area contributed by atoms with Crippen molar-refractivity contribution in [1.82, 2.24) is 20.2 Å². The third-order valence-corrected chi connectivity index (χ3v) is 2.23. The first-order valence-corrected chi connectivity index (χ1v) is 5.11. The van der Waals surface area contributed by atoms with Crippen LogP contribution in [0.25, 0.3) is 11.8 Å². The third kappa shape index (κ3) is 2.63. The largest absolute Gasteiger partial charge is 0.478 e. The zero-order chi connectivity index (χ0) is 13.8. The lowest BCUT2D eigenvalue weighted by atomic mass is 10.2. The highest BCUT2D eigenvalue weighted by molar-refractivity contribution is 5.92. The fourth-order valence-electron chi connectivity index (χ4n) is 1.45. The second-order valence-electron chi connectivity index (χ2n) is 3.44. The van der Waals surface area contributed by atoms with Gasteiger partial charge in [-0.25, -0.2) is 9.59 Å². The Morgan fingerprint density at radius 1 is 1.21 bits per heavy atom. The van der Waals surface area contributed by atoms with Crippen molar-refractivity contribution in [3.63, 3.8) is 0 Å². The molecular weight excluding hydrogens is 252 g/mol. The van der Waals surface area contributed by atoms with Crippen LogP contribution in [0.5, 0.6) is 0 Å². The number of rotatable bonds is 4. The normalized spacial score (nSPS) is 10.7. The van der Waals surface area contributed by atoms with Gasteiger partial charge in [0.05, 0.1) is 11.3 Å². The summed E-state index contributed by atoms with van der Waals surface area (Å²) in [7, 11) is 0. The fraction of sp³-hybridized carbons (Fsp3) is 0.